The zero-order chi connectivity index (χ0) is 22.8. The minimum absolute atomic E-state index is 0.0379. The van der Waals surface area contributed by atoms with Gasteiger partial charge in [-0.15, -0.1) is 0 Å². The van der Waals surface area contributed by atoms with Crippen molar-refractivity contribution in [2.45, 2.75) is 6.42 Å². The van der Waals surface area contributed by atoms with Crippen LogP contribution in [0.4, 0.5) is 4.39 Å². The Bertz CT molecular complexity index is 958. The molecule has 10 heteroatoms. The third-order valence-corrected chi connectivity index (χ3v) is 4.08. The van der Waals surface area contributed by atoms with Gasteiger partial charge in [-0.25, -0.2) is 4.39 Å². The van der Waals surface area contributed by atoms with Crippen LogP contribution < -0.4 is 20.7 Å². The van der Waals surface area contributed by atoms with E-state index in [2.05, 4.69) is 29.1 Å². The zero-order valence-corrected chi connectivity index (χ0v) is 17.3. The van der Waals surface area contributed by atoms with Crippen LogP contribution in [0.5, 0.6) is 5.75 Å². The first-order chi connectivity index (χ1) is 14.7. The molecule has 3 N–H and O–H groups in total. The first kappa shape index (κ1) is 23.7. The Morgan fingerprint density at radius 1 is 1.39 bits per heavy atom. The van der Waals surface area contributed by atoms with Gasteiger partial charge in [0.1, 0.15) is 17.3 Å². The molecule has 164 valence electrons. The maximum absolute atomic E-state index is 13.3. The molecule has 31 heavy (non-hydrogen) atoms. The van der Waals surface area contributed by atoms with Gasteiger partial charge in [-0.3, -0.25) is 14.4 Å². The van der Waals surface area contributed by atoms with Gasteiger partial charge in [-0.2, -0.15) is 0 Å². The van der Waals surface area contributed by atoms with Gasteiger partial charge >= 0.3 is 0 Å². The summed E-state index contributed by atoms with van der Waals surface area (Å²) in [5.41, 5.74) is 0.757. The van der Waals surface area contributed by atoms with Gasteiger partial charge in [0.25, 0.3) is 11.8 Å². The number of halogens is 2. The number of morpholine rings is 1. The molecule has 0 aromatic heterocycles. The molecule has 0 atom stereocenters. The fraction of sp³-hybridized carbons (Fsp3) is 0.190. The monoisotopic (exact) mass is 449 g/mol. The molecular formula is C21H21ClFN3O5. The molecule has 1 aromatic carbocycles. The number of amides is 3. The van der Waals surface area contributed by atoms with Crippen molar-refractivity contribution >= 4 is 29.3 Å². The molecule has 1 aromatic rings. The van der Waals surface area contributed by atoms with E-state index in [4.69, 9.17) is 21.1 Å². The van der Waals surface area contributed by atoms with Gasteiger partial charge in [0, 0.05) is 30.8 Å². The highest BCUT2D eigenvalue weighted by Crippen LogP contribution is 2.20. The first-order valence-electron chi connectivity index (χ1n) is 9.08. The maximum atomic E-state index is 13.3. The lowest BCUT2D eigenvalue weighted by molar-refractivity contribution is -0.125. The molecule has 0 saturated carbocycles. The summed E-state index contributed by atoms with van der Waals surface area (Å²) in [7, 11) is 0. The van der Waals surface area contributed by atoms with E-state index in [1.165, 1.54) is 30.4 Å². The lowest BCUT2D eigenvalue weighted by Crippen LogP contribution is -2.33. The van der Waals surface area contributed by atoms with Gasteiger partial charge in [0.15, 0.2) is 13.2 Å². The summed E-state index contributed by atoms with van der Waals surface area (Å²) in [6.45, 7) is 7.17. The summed E-state index contributed by atoms with van der Waals surface area (Å²) in [4.78, 5) is 34.9. The van der Waals surface area contributed by atoms with Gasteiger partial charge in [-0.1, -0.05) is 30.8 Å². The normalized spacial score (nSPS) is 14.7. The summed E-state index contributed by atoms with van der Waals surface area (Å²) in [6.07, 6.45) is 4.44. The van der Waals surface area contributed by atoms with E-state index in [-0.39, 0.29) is 36.4 Å². The Morgan fingerprint density at radius 2 is 2.16 bits per heavy atom. The van der Waals surface area contributed by atoms with E-state index < -0.39 is 17.6 Å². The Kier molecular flexibility index (Phi) is 8.83. The second-order valence-electron chi connectivity index (χ2n) is 6.26. The van der Waals surface area contributed by atoms with Crippen LogP contribution in [0, 0.1) is 5.82 Å². The molecule has 1 saturated heterocycles. The largest absolute Gasteiger partial charge is 0.484 e. The molecule has 0 radical (unpaired) electrons. The number of hydrogen-bond acceptors (Lipinski definition) is 5. The molecule has 0 unspecified atom stereocenters. The van der Waals surface area contributed by atoms with Crippen LogP contribution >= 0.6 is 11.6 Å². The molecule has 1 aliphatic heterocycles. The van der Waals surface area contributed by atoms with Crippen molar-refractivity contribution in [2.75, 3.05) is 19.8 Å². The van der Waals surface area contributed by atoms with Crippen LogP contribution in [0.2, 0.25) is 5.02 Å². The van der Waals surface area contributed by atoms with Crippen LogP contribution in [-0.2, 0) is 19.1 Å². The highest BCUT2D eigenvalue weighted by atomic mass is 35.5. The van der Waals surface area contributed by atoms with Crippen molar-refractivity contribution in [3.05, 3.63) is 77.6 Å². The SMILES string of the molecule is C=C(CCNC(=O)COc1ccc(Cl)c(F)c1)NC(=O)/C=C/C=C1/NC(=O)COC1=C. The van der Waals surface area contributed by atoms with Crippen molar-refractivity contribution in [3.8, 4) is 5.75 Å². The fourth-order valence-electron chi connectivity index (χ4n) is 2.25. The number of ether oxygens (including phenoxy) is 2. The third kappa shape index (κ3) is 8.35. The quantitative estimate of drug-likeness (QED) is 0.501. The third-order valence-electron chi connectivity index (χ3n) is 3.77. The first-order valence-corrected chi connectivity index (χ1v) is 9.46. The zero-order valence-electron chi connectivity index (χ0n) is 16.5. The minimum Gasteiger partial charge on any atom is -0.484 e. The van der Waals surface area contributed by atoms with Crippen LogP contribution in [0.15, 0.2) is 66.7 Å². The molecule has 8 nitrogen and oxygen atoms in total. The standard InChI is InChI=1S/C21H21ClFN3O5/c1-13(25-19(27)5-3-4-18-14(2)30-12-21(29)26-18)8-9-24-20(28)11-31-15-6-7-16(22)17(23)10-15/h3-7,10H,1-2,8-9,11-12H2,(H,24,28)(H,25,27)(H,26,29)/b5-3+,18-4+. The second kappa shape index (κ2) is 11.6. The summed E-state index contributed by atoms with van der Waals surface area (Å²) in [5.74, 6) is -1.32. The second-order valence-corrected chi connectivity index (χ2v) is 6.66. The van der Waals surface area contributed by atoms with E-state index >= 15 is 0 Å². The van der Waals surface area contributed by atoms with Crippen molar-refractivity contribution in [1.82, 2.24) is 16.0 Å². The highest BCUT2D eigenvalue weighted by Gasteiger charge is 2.15. The van der Waals surface area contributed by atoms with Gasteiger partial charge in [-0.05, 0) is 18.2 Å². The van der Waals surface area contributed by atoms with Crippen molar-refractivity contribution in [3.63, 3.8) is 0 Å². The van der Waals surface area contributed by atoms with Gasteiger partial charge in [0.05, 0.1) is 10.7 Å². The Balaban J connectivity index is 1.66. The lowest BCUT2D eigenvalue weighted by Gasteiger charge is -2.18. The van der Waals surface area contributed by atoms with E-state index in [0.717, 1.165) is 6.07 Å². The minimum atomic E-state index is -0.640. The van der Waals surface area contributed by atoms with E-state index in [0.29, 0.717) is 23.6 Å². The number of nitrogens with one attached hydrogen (secondary N) is 3. The summed E-state index contributed by atoms with van der Waals surface area (Å²) in [5, 5.41) is 7.67. The molecule has 1 fully saturated rings. The average molecular weight is 450 g/mol. The number of carbonyl (C=O) groups excluding carboxylic acids is 3. The van der Waals surface area contributed by atoms with Crippen LogP contribution in [0.25, 0.3) is 0 Å². The molecule has 1 aliphatic rings. The molecule has 0 aliphatic carbocycles. The summed E-state index contributed by atoms with van der Waals surface area (Å²) in [6, 6.07) is 3.86. The van der Waals surface area contributed by atoms with Gasteiger partial charge in [0.2, 0.25) is 5.91 Å². The molecular weight excluding hydrogens is 429 g/mol. The Labute approximate surface area is 183 Å². The maximum Gasteiger partial charge on any atom is 0.262 e. The molecule has 2 rings (SSSR count). The van der Waals surface area contributed by atoms with Crippen LogP contribution in [0.3, 0.4) is 0 Å². The van der Waals surface area contributed by atoms with Crippen LogP contribution in [-0.4, -0.2) is 37.5 Å². The van der Waals surface area contributed by atoms with Crippen LogP contribution in [0.1, 0.15) is 6.42 Å². The predicted molar refractivity (Wildman–Crippen MR) is 112 cm³/mol. The topological polar surface area (TPSA) is 106 Å². The molecule has 0 spiro atoms. The van der Waals surface area contributed by atoms with E-state index in [1.54, 1.807) is 0 Å². The van der Waals surface area contributed by atoms with Crippen molar-refractivity contribution in [2.24, 2.45) is 0 Å². The summed E-state index contributed by atoms with van der Waals surface area (Å²) >= 11 is 5.57. The number of carbonyl (C=O) groups is 3. The van der Waals surface area contributed by atoms with Crippen molar-refractivity contribution < 1.29 is 28.2 Å². The predicted octanol–water partition coefficient (Wildman–Crippen LogP) is 2.09. The number of hydrogen-bond donors (Lipinski definition) is 3. The molecule has 0 bridgehead atoms. The Hall–Kier alpha value is -3.59. The van der Waals surface area contributed by atoms with E-state index in [1.807, 2.05) is 0 Å². The van der Waals surface area contributed by atoms with E-state index in [9.17, 15) is 18.8 Å². The number of rotatable bonds is 9. The number of allylic oxidation sites excluding steroid dienone is 2. The lowest BCUT2D eigenvalue weighted by atomic mass is 10.3. The number of benzene rings is 1. The fourth-order valence-corrected chi connectivity index (χ4v) is 2.37. The highest BCUT2D eigenvalue weighted by molar-refractivity contribution is 6.30. The molecule has 1 heterocycles. The molecule has 3 amide bonds. The van der Waals surface area contributed by atoms with Gasteiger partial charge < -0.3 is 25.4 Å². The Morgan fingerprint density at radius 3 is 2.90 bits per heavy atom. The van der Waals surface area contributed by atoms with Crippen molar-refractivity contribution in [1.29, 1.82) is 0 Å². The average Bonchev–Trinajstić information content (AvgIpc) is 2.71. The summed E-state index contributed by atoms with van der Waals surface area (Å²) < 4.78 is 23.5. The smallest absolute Gasteiger partial charge is 0.262 e.